The second kappa shape index (κ2) is 15.0. The summed E-state index contributed by atoms with van der Waals surface area (Å²) in [6.45, 7) is 3.28. The first-order chi connectivity index (χ1) is 24.2. The van der Waals surface area contributed by atoms with Gasteiger partial charge in [-0.2, -0.15) is 26.3 Å². The van der Waals surface area contributed by atoms with Crippen LogP contribution in [0.15, 0.2) is 99.2 Å². The van der Waals surface area contributed by atoms with Crippen LogP contribution >= 0.6 is 54.5 Å². The van der Waals surface area contributed by atoms with Crippen molar-refractivity contribution in [2.75, 3.05) is 9.44 Å². The molecule has 0 spiro atoms. The largest absolute Gasteiger partial charge is 0.416 e. The molecule has 4 heterocycles. The van der Waals surface area contributed by atoms with Crippen LogP contribution in [0.1, 0.15) is 22.5 Å². The van der Waals surface area contributed by atoms with Gasteiger partial charge in [0, 0.05) is 9.75 Å². The fraction of sp³-hybridized carbons (Fsp3) is 0.133. The van der Waals surface area contributed by atoms with Gasteiger partial charge >= 0.3 is 12.4 Å². The number of anilines is 2. The van der Waals surface area contributed by atoms with Gasteiger partial charge in [0.2, 0.25) is 0 Å². The number of nitrogens with zero attached hydrogens (tertiary/aromatic N) is 2. The van der Waals surface area contributed by atoms with Crippen LogP contribution in [-0.4, -0.2) is 27.1 Å². The van der Waals surface area contributed by atoms with Gasteiger partial charge < -0.3 is 9.05 Å². The van der Waals surface area contributed by atoms with Crippen molar-refractivity contribution in [1.29, 1.82) is 0 Å². The molecule has 0 bridgehead atoms. The molecule has 0 unspecified atom stereocenters. The van der Waals surface area contributed by atoms with Crippen molar-refractivity contribution in [3.05, 3.63) is 104 Å². The van der Waals surface area contributed by atoms with E-state index >= 15 is 0 Å². The van der Waals surface area contributed by atoms with Gasteiger partial charge in [0.05, 0.1) is 22.5 Å². The first kappa shape index (κ1) is 39.5. The van der Waals surface area contributed by atoms with E-state index in [4.69, 9.17) is 9.05 Å². The van der Waals surface area contributed by atoms with Crippen molar-refractivity contribution in [3.63, 3.8) is 0 Å². The van der Waals surface area contributed by atoms with Crippen LogP contribution in [0.25, 0.3) is 20.9 Å². The van der Waals surface area contributed by atoms with Crippen molar-refractivity contribution < 1.29 is 52.2 Å². The number of rotatable bonds is 8. The highest BCUT2D eigenvalue weighted by Gasteiger charge is 2.31. The van der Waals surface area contributed by atoms with Crippen LogP contribution in [0.3, 0.4) is 0 Å². The van der Waals surface area contributed by atoms with Crippen LogP contribution in [-0.2, 0) is 32.4 Å². The normalized spacial score (nSPS) is 12.3. The second-order valence-electron chi connectivity index (χ2n) is 10.4. The number of nitrogens with one attached hydrogen (secondary N) is 2. The Bertz CT molecular complexity index is 2250. The van der Waals surface area contributed by atoms with Crippen molar-refractivity contribution in [2.45, 2.75) is 34.6 Å². The Kier molecular flexibility index (Phi) is 11.4. The number of halogens is 8. The van der Waals surface area contributed by atoms with Crippen LogP contribution in [0.5, 0.6) is 0 Å². The quantitative estimate of drug-likeness (QED) is 0.144. The minimum absolute atomic E-state index is 0.00616. The van der Waals surface area contributed by atoms with E-state index < -0.39 is 43.5 Å². The zero-order valence-corrected chi connectivity index (χ0v) is 32.4. The Morgan fingerprint density at radius 3 is 1.17 bits per heavy atom. The van der Waals surface area contributed by atoms with Crippen molar-refractivity contribution in [1.82, 2.24) is 10.3 Å². The lowest BCUT2D eigenvalue weighted by Gasteiger charge is -2.06. The van der Waals surface area contributed by atoms with E-state index in [9.17, 15) is 43.2 Å². The minimum atomic E-state index is -4.42. The summed E-state index contributed by atoms with van der Waals surface area (Å²) in [4.78, 5) is 1.04. The molecule has 276 valence electrons. The molecule has 0 aliphatic rings. The number of aromatic nitrogens is 2. The van der Waals surface area contributed by atoms with E-state index in [1.807, 2.05) is 0 Å². The molecule has 2 N–H and O–H groups in total. The number of sulfonamides is 2. The summed E-state index contributed by atoms with van der Waals surface area (Å²) in [5, 5.41) is 7.28. The molecule has 0 saturated heterocycles. The average Bonchev–Trinajstić information content (AvgIpc) is 3.89. The number of hydrogen-bond donors (Lipinski definition) is 2. The van der Waals surface area contributed by atoms with E-state index in [2.05, 4.69) is 51.6 Å². The zero-order chi connectivity index (χ0) is 38.2. The van der Waals surface area contributed by atoms with Gasteiger partial charge in [0.1, 0.15) is 17.4 Å². The van der Waals surface area contributed by atoms with Crippen LogP contribution < -0.4 is 9.44 Å². The highest BCUT2D eigenvalue weighted by molar-refractivity contribution is 9.11. The Morgan fingerprint density at radius 2 is 0.904 bits per heavy atom. The molecular formula is C30H20Br2F6N4O6S4. The fourth-order valence-electron chi connectivity index (χ4n) is 4.08. The monoisotopic (exact) mass is 932 g/mol. The average molecular weight is 935 g/mol. The van der Waals surface area contributed by atoms with Gasteiger partial charge in [-0.05, 0) is 105 Å². The van der Waals surface area contributed by atoms with E-state index in [-0.39, 0.29) is 20.2 Å². The summed E-state index contributed by atoms with van der Waals surface area (Å²) in [5.41, 5.74) is 0.414. The molecule has 52 heavy (non-hydrogen) atoms. The Morgan fingerprint density at radius 1 is 0.577 bits per heavy atom. The van der Waals surface area contributed by atoms with E-state index in [1.54, 1.807) is 13.8 Å². The standard InChI is InChI=1S/2C15H10BrF3N2O3S2/c2*1-8-13(16)14(24-20-8)21-26(22,23)12-7-6-11(25-12)9-2-4-10(5-3-9)15(17,18)19/h2*2-7,21H,1H3. The lowest BCUT2D eigenvalue weighted by Crippen LogP contribution is -2.11. The Balaban J connectivity index is 0.000000201. The third kappa shape index (κ3) is 9.08. The summed E-state index contributed by atoms with van der Waals surface area (Å²) < 4.78 is 141. The molecule has 0 radical (unpaired) electrons. The van der Waals surface area contributed by atoms with Crippen LogP contribution in [0.2, 0.25) is 0 Å². The molecule has 0 saturated carbocycles. The maximum Gasteiger partial charge on any atom is 0.416 e. The van der Waals surface area contributed by atoms with E-state index in [0.29, 0.717) is 41.2 Å². The summed E-state index contributed by atoms with van der Waals surface area (Å²) >= 11 is 8.19. The minimum Gasteiger partial charge on any atom is -0.336 e. The third-order valence-electron chi connectivity index (χ3n) is 6.72. The first-order valence-electron chi connectivity index (χ1n) is 14.0. The van der Waals surface area contributed by atoms with Gasteiger partial charge in [0.25, 0.3) is 31.8 Å². The molecule has 10 nitrogen and oxygen atoms in total. The maximum absolute atomic E-state index is 12.6. The van der Waals surface area contributed by atoms with Crippen molar-refractivity contribution in [2.24, 2.45) is 0 Å². The molecule has 0 aliphatic heterocycles. The smallest absolute Gasteiger partial charge is 0.336 e. The van der Waals surface area contributed by atoms with Crippen molar-refractivity contribution >= 4 is 86.3 Å². The number of thiophene rings is 2. The molecule has 0 amide bonds. The molecule has 4 aromatic heterocycles. The SMILES string of the molecule is Cc1noc(NS(=O)(=O)c2ccc(-c3ccc(C(F)(F)F)cc3)s2)c1Br.Cc1noc(NS(=O)(=O)c2ccc(-c3ccc(C(F)(F)F)cc3)s2)c1Br. The molecular weight excluding hydrogens is 914 g/mol. The van der Waals surface area contributed by atoms with Crippen LogP contribution in [0.4, 0.5) is 38.1 Å². The van der Waals surface area contributed by atoms with Gasteiger partial charge in [-0.1, -0.05) is 34.6 Å². The number of aryl methyl sites for hydroxylation is 2. The van der Waals surface area contributed by atoms with E-state index in [1.165, 1.54) is 48.5 Å². The van der Waals surface area contributed by atoms with Crippen molar-refractivity contribution in [3.8, 4) is 20.9 Å². The highest BCUT2D eigenvalue weighted by Crippen LogP contribution is 2.37. The maximum atomic E-state index is 12.6. The summed E-state index contributed by atoms with van der Waals surface area (Å²) in [6, 6.07) is 14.8. The first-order valence-corrected chi connectivity index (χ1v) is 20.2. The van der Waals surface area contributed by atoms with Gasteiger partial charge in [-0.15, -0.1) is 22.7 Å². The number of benzene rings is 2. The lowest BCUT2D eigenvalue weighted by atomic mass is 10.1. The van der Waals surface area contributed by atoms with Crippen LogP contribution in [0, 0.1) is 13.8 Å². The molecule has 0 atom stereocenters. The molecule has 2 aromatic carbocycles. The third-order valence-corrected chi connectivity index (χ3v) is 14.5. The highest BCUT2D eigenvalue weighted by atomic mass is 79.9. The predicted molar refractivity (Wildman–Crippen MR) is 189 cm³/mol. The molecule has 6 rings (SSSR count). The van der Waals surface area contributed by atoms with Gasteiger partial charge in [-0.3, -0.25) is 0 Å². The fourth-order valence-corrected chi connectivity index (χ4v) is 9.44. The topological polar surface area (TPSA) is 144 Å². The van der Waals surface area contributed by atoms with Gasteiger partial charge in [-0.25, -0.2) is 26.3 Å². The summed E-state index contributed by atoms with van der Waals surface area (Å²) in [6.07, 6.45) is -8.84. The lowest BCUT2D eigenvalue weighted by molar-refractivity contribution is -0.138. The Hall–Kier alpha value is -3.70. The second-order valence-corrected chi connectivity index (χ2v) is 18.0. The number of hydrogen-bond acceptors (Lipinski definition) is 10. The molecule has 0 fully saturated rings. The van der Waals surface area contributed by atoms with E-state index in [0.717, 1.165) is 46.9 Å². The molecule has 6 aromatic rings. The summed E-state index contributed by atoms with van der Waals surface area (Å²) in [7, 11) is -7.83. The summed E-state index contributed by atoms with van der Waals surface area (Å²) in [5.74, 6) is -0.0982. The zero-order valence-electron chi connectivity index (χ0n) is 25.9. The van der Waals surface area contributed by atoms with Gasteiger partial charge in [0.15, 0.2) is 0 Å². The predicted octanol–water partition coefficient (Wildman–Crippen LogP) is 10.6. The molecule has 22 heteroatoms. The molecule has 0 aliphatic carbocycles. The number of alkyl halides is 6. The Labute approximate surface area is 316 Å².